The maximum Gasteiger partial charge on any atom is 0.154 e. The number of ether oxygens (including phenoxy) is 1. The minimum Gasteiger partial charge on any atom is -0.497 e. The average molecular weight is 308 g/mol. The lowest BCUT2D eigenvalue weighted by Gasteiger charge is -2.23. The Morgan fingerprint density at radius 3 is 2.62 bits per heavy atom. The first-order valence-corrected chi connectivity index (χ1v) is 8.50. The molecule has 0 aliphatic rings. The number of rotatable bonds is 5. The Morgan fingerprint density at radius 2 is 2.00 bits per heavy atom. The topological polar surface area (TPSA) is 68.3 Å². The highest BCUT2D eigenvalue weighted by Crippen LogP contribution is 2.26. The van der Waals surface area contributed by atoms with Crippen LogP contribution in [0, 0.1) is 0 Å². The molecule has 0 atom stereocenters. The Hall–Kier alpha value is -1.82. The summed E-state index contributed by atoms with van der Waals surface area (Å²) >= 11 is 0. The van der Waals surface area contributed by atoms with Crippen molar-refractivity contribution in [1.29, 1.82) is 0 Å². The van der Waals surface area contributed by atoms with Crippen molar-refractivity contribution in [3.8, 4) is 5.75 Å². The number of pyridine rings is 1. The van der Waals surface area contributed by atoms with Crippen molar-refractivity contribution >= 4 is 26.4 Å². The normalized spacial score (nSPS) is 12.4. The van der Waals surface area contributed by atoms with Gasteiger partial charge in [-0.3, -0.25) is 0 Å². The monoisotopic (exact) mass is 308 g/mol. The van der Waals surface area contributed by atoms with Crippen molar-refractivity contribution in [3.63, 3.8) is 0 Å². The maximum absolute atomic E-state index is 11.8. The van der Waals surface area contributed by atoms with E-state index < -0.39 is 14.6 Å². The third-order valence-corrected chi connectivity index (χ3v) is 5.81. The van der Waals surface area contributed by atoms with E-state index in [2.05, 4.69) is 10.3 Å². The molecule has 0 unspecified atom stereocenters. The van der Waals surface area contributed by atoms with Crippen LogP contribution in [0.25, 0.3) is 10.8 Å². The van der Waals surface area contributed by atoms with Gasteiger partial charge in [0.1, 0.15) is 11.6 Å². The molecular weight excluding hydrogens is 288 g/mol. The number of sulfone groups is 1. The molecule has 0 radical (unpaired) electrons. The van der Waals surface area contributed by atoms with Crippen LogP contribution < -0.4 is 10.1 Å². The SMILES string of the molecule is COc1ccc2ccnc(NCC(C)(C)S(C)(=O)=O)c2c1. The van der Waals surface area contributed by atoms with Gasteiger partial charge in [0.25, 0.3) is 0 Å². The molecular formula is C15H20N2O3S. The largest absolute Gasteiger partial charge is 0.497 e. The summed E-state index contributed by atoms with van der Waals surface area (Å²) in [5.74, 6) is 1.39. The van der Waals surface area contributed by atoms with Crippen LogP contribution in [0.3, 0.4) is 0 Å². The van der Waals surface area contributed by atoms with E-state index in [4.69, 9.17) is 4.74 Å². The van der Waals surface area contributed by atoms with Gasteiger partial charge in [-0.15, -0.1) is 0 Å². The predicted molar refractivity (Wildman–Crippen MR) is 85.7 cm³/mol. The molecule has 1 N–H and O–H groups in total. The molecule has 0 bridgehead atoms. The van der Waals surface area contributed by atoms with E-state index in [1.807, 2.05) is 24.3 Å². The van der Waals surface area contributed by atoms with Gasteiger partial charge in [0.15, 0.2) is 9.84 Å². The number of aromatic nitrogens is 1. The van der Waals surface area contributed by atoms with E-state index in [9.17, 15) is 8.42 Å². The summed E-state index contributed by atoms with van der Waals surface area (Å²) in [5, 5.41) is 5.06. The van der Waals surface area contributed by atoms with Gasteiger partial charge in [0.05, 0.1) is 11.9 Å². The summed E-state index contributed by atoms with van der Waals surface area (Å²) in [6, 6.07) is 7.62. The van der Waals surface area contributed by atoms with E-state index in [0.29, 0.717) is 5.82 Å². The number of fused-ring (bicyclic) bond motifs is 1. The Morgan fingerprint density at radius 1 is 1.29 bits per heavy atom. The number of methoxy groups -OCH3 is 1. The number of nitrogens with one attached hydrogen (secondary N) is 1. The van der Waals surface area contributed by atoms with Gasteiger partial charge in [0, 0.05) is 24.4 Å². The summed E-state index contributed by atoms with van der Waals surface area (Å²) in [4.78, 5) is 4.31. The minimum atomic E-state index is -3.15. The van der Waals surface area contributed by atoms with Crippen molar-refractivity contribution in [3.05, 3.63) is 30.5 Å². The molecule has 0 saturated heterocycles. The highest BCUT2D eigenvalue weighted by Gasteiger charge is 2.30. The molecule has 1 aromatic heterocycles. The van der Waals surface area contributed by atoms with Crippen LogP contribution in [0.15, 0.2) is 30.5 Å². The van der Waals surface area contributed by atoms with Gasteiger partial charge >= 0.3 is 0 Å². The zero-order valence-corrected chi connectivity index (χ0v) is 13.5. The Bertz CT molecular complexity index is 755. The van der Waals surface area contributed by atoms with Crippen molar-refractivity contribution in [1.82, 2.24) is 4.98 Å². The summed E-state index contributed by atoms with van der Waals surface area (Å²) in [6.07, 6.45) is 2.94. The molecule has 2 aromatic rings. The van der Waals surface area contributed by atoms with E-state index >= 15 is 0 Å². The zero-order chi connectivity index (χ0) is 15.7. The molecule has 114 valence electrons. The van der Waals surface area contributed by atoms with Crippen molar-refractivity contribution in [2.24, 2.45) is 0 Å². The lowest BCUT2D eigenvalue weighted by molar-refractivity contribution is 0.415. The van der Waals surface area contributed by atoms with E-state index in [-0.39, 0.29) is 6.54 Å². The van der Waals surface area contributed by atoms with Gasteiger partial charge in [-0.05, 0) is 37.4 Å². The molecule has 0 aliphatic carbocycles. The molecule has 21 heavy (non-hydrogen) atoms. The fourth-order valence-corrected chi connectivity index (χ4v) is 2.18. The summed E-state index contributed by atoms with van der Waals surface area (Å²) in [7, 11) is -1.55. The summed E-state index contributed by atoms with van der Waals surface area (Å²) in [5.41, 5.74) is 0. The second-order valence-electron chi connectivity index (χ2n) is 5.63. The lowest BCUT2D eigenvalue weighted by Crippen LogP contribution is -2.38. The summed E-state index contributed by atoms with van der Waals surface area (Å²) in [6.45, 7) is 3.68. The Kier molecular flexibility index (Phi) is 4.09. The molecule has 0 saturated carbocycles. The summed E-state index contributed by atoms with van der Waals surface area (Å²) < 4.78 is 27.9. The predicted octanol–water partition coefficient (Wildman–Crippen LogP) is 2.48. The van der Waals surface area contributed by atoms with Gasteiger partial charge in [0.2, 0.25) is 0 Å². The Balaban J connectivity index is 2.35. The van der Waals surface area contributed by atoms with Crippen LogP contribution in [-0.4, -0.2) is 38.1 Å². The van der Waals surface area contributed by atoms with E-state index in [0.717, 1.165) is 16.5 Å². The molecule has 0 aliphatic heterocycles. The van der Waals surface area contributed by atoms with Gasteiger partial charge in [-0.2, -0.15) is 0 Å². The first-order valence-electron chi connectivity index (χ1n) is 6.61. The molecule has 2 rings (SSSR count). The highest BCUT2D eigenvalue weighted by molar-refractivity contribution is 7.92. The quantitative estimate of drug-likeness (QED) is 0.919. The number of anilines is 1. The smallest absolute Gasteiger partial charge is 0.154 e. The number of benzene rings is 1. The molecule has 6 heteroatoms. The van der Waals surface area contributed by atoms with Crippen LogP contribution in [0.4, 0.5) is 5.82 Å². The van der Waals surface area contributed by atoms with E-state index in [1.54, 1.807) is 27.2 Å². The minimum absolute atomic E-state index is 0.287. The lowest BCUT2D eigenvalue weighted by atomic mass is 10.1. The standard InChI is InChI=1S/C15H20N2O3S/c1-15(2,21(4,18)19)10-17-14-13-9-12(20-3)6-5-11(13)7-8-16-14/h5-9H,10H2,1-4H3,(H,16,17). The van der Waals surface area contributed by atoms with Crippen LogP contribution in [0.5, 0.6) is 5.75 Å². The third-order valence-electron chi connectivity index (χ3n) is 3.66. The van der Waals surface area contributed by atoms with Crippen molar-refractivity contribution < 1.29 is 13.2 Å². The van der Waals surface area contributed by atoms with Crippen LogP contribution in [0.1, 0.15) is 13.8 Å². The molecule has 1 aromatic carbocycles. The van der Waals surface area contributed by atoms with Crippen LogP contribution in [0.2, 0.25) is 0 Å². The number of nitrogens with zero attached hydrogens (tertiary/aromatic N) is 1. The maximum atomic E-state index is 11.8. The van der Waals surface area contributed by atoms with Crippen molar-refractivity contribution in [2.75, 3.05) is 25.2 Å². The van der Waals surface area contributed by atoms with E-state index in [1.165, 1.54) is 6.26 Å². The van der Waals surface area contributed by atoms with Crippen LogP contribution >= 0.6 is 0 Å². The van der Waals surface area contributed by atoms with Crippen molar-refractivity contribution in [2.45, 2.75) is 18.6 Å². The average Bonchev–Trinajstić information content (AvgIpc) is 2.43. The van der Waals surface area contributed by atoms with Gasteiger partial charge in [-0.1, -0.05) is 6.07 Å². The zero-order valence-electron chi connectivity index (χ0n) is 12.7. The molecule has 0 spiro atoms. The van der Waals surface area contributed by atoms with Gasteiger partial charge in [-0.25, -0.2) is 13.4 Å². The molecule has 5 nitrogen and oxygen atoms in total. The first kappa shape index (κ1) is 15.6. The second-order valence-corrected chi connectivity index (χ2v) is 8.28. The number of hydrogen-bond acceptors (Lipinski definition) is 5. The third kappa shape index (κ3) is 3.26. The molecule has 0 amide bonds. The van der Waals surface area contributed by atoms with Gasteiger partial charge < -0.3 is 10.1 Å². The molecule has 1 heterocycles. The molecule has 0 fully saturated rings. The number of hydrogen-bond donors (Lipinski definition) is 1. The second kappa shape index (κ2) is 5.52. The van der Waals surface area contributed by atoms with Crippen LogP contribution in [-0.2, 0) is 9.84 Å². The highest BCUT2D eigenvalue weighted by atomic mass is 32.2. The fraction of sp³-hybridized carbons (Fsp3) is 0.400. The fourth-order valence-electron chi connectivity index (χ4n) is 1.84. The Labute approximate surface area is 125 Å². The first-order chi connectivity index (χ1) is 9.74.